The quantitative estimate of drug-likeness (QED) is 0.855. The summed E-state index contributed by atoms with van der Waals surface area (Å²) in [6.45, 7) is 4.52. The highest BCUT2D eigenvalue weighted by molar-refractivity contribution is 5.54. The zero-order chi connectivity index (χ0) is 11.5. The number of hydrogen-bond donors (Lipinski definition) is 1. The first-order valence-corrected chi connectivity index (χ1v) is 5.31. The number of rotatable bonds is 3. The van der Waals surface area contributed by atoms with Crippen LogP contribution >= 0.6 is 0 Å². The molecule has 4 nitrogen and oxygen atoms in total. The van der Waals surface area contributed by atoms with E-state index in [4.69, 9.17) is 10.3 Å². The van der Waals surface area contributed by atoms with Gasteiger partial charge in [0.1, 0.15) is 0 Å². The van der Waals surface area contributed by atoms with E-state index in [1.165, 1.54) is 5.56 Å². The molecule has 1 atom stereocenters. The van der Waals surface area contributed by atoms with Crippen LogP contribution in [0.1, 0.15) is 24.3 Å². The summed E-state index contributed by atoms with van der Waals surface area (Å²) in [7, 11) is 0. The van der Waals surface area contributed by atoms with Crippen LogP contribution in [0.4, 0.5) is 0 Å². The van der Waals surface area contributed by atoms with Crippen LogP contribution in [0.25, 0.3) is 11.4 Å². The van der Waals surface area contributed by atoms with Gasteiger partial charge in [0.15, 0.2) is 0 Å². The Labute approximate surface area is 94.5 Å². The van der Waals surface area contributed by atoms with E-state index in [9.17, 15) is 0 Å². The Morgan fingerprint density at radius 1 is 1.31 bits per heavy atom. The Hall–Kier alpha value is -1.68. The topological polar surface area (TPSA) is 64.9 Å². The van der Waals surface area contributed by atoms with Crippen LogP contribution in [-0.2, 0) is 0 Å². The maximum Gasteiger partial charge on any atom is 0.231 e. The summed E-state index contributed by atoms with van der Waals surface area (Å²) in [6, 6.07) is 8.02. The fourth-order valence-electron chi connectivity index (χ4n) is 1.36. The highest BCUT2D eigenvalue weighted by atomic mass is 16.5. The monoisotopic (exact) mass is 217 g/mol. The molecule has 1 unspecified atom stereocenters. The first kappa shape index (κ1) is 10.8. The Morgan fingerprint density at radius 2 is 2.00 bits per heavy atom. The fraction of sp³-hybridized carbons (Fsp3) is 0.333. The molecular weight excluding hydrogens is 202 g/mol. The molecule has 2 aromatic rings. The van der Waals surface area contributed by atoms with E-state index in [1.807, 2.05) is 38.1 Å². The zero-order valence-electron chi connectivity index (χ0n) is 9.47. The molecule has 2 N–H and O–H groups in total. The van der Waals surface area contributed by atoms with Gasteiger partial charge in [0.25, 0.3) is 0 Å². The normalized spacial score (nSPS) is 12.7. The Kier molecular flexibility index (Phi) is 3.01. The van der Waals surface area contributed by atoms with Crippen molar-refractivity contribution in [2.24, 2.45) is 5.73 Å². The van der Waals surface area contributed by atoms with Gasteiger partial charge >= 0.3 is 0 Å². The van der Waals surface area contributed by atoms with E-state index < -0.39 is 0 Å². The molecule has 16 heavy (non-hydrogen) atoms. The van der Waals surface area contributed by atoms with E-state index >= 15 is 0 Å². The molecule has 1 aromatic heterocycles. The molecule has 84 valence electrons. The number of aromatic nitrogens is 2. The Bertz CT molecular complexity index is 461. The van der Waals surface area contributed by atoms with Gasteiger partial charge < -0.3 is 10.3 Å². The van der Waals surface area contributed by atoms with Crippen LogP contribution in [-0.4, -0.2) is 16.7 Å². The number of nitrogens with two attached hydrogens (primary N) is 1. The lowest BCUT2D eigenvalue weighted by Crippen LogP contribution is -2.08. The van der Waals surface area contributed by atoms with Crippen molar-refractivity contribution in [2.75, 3.05) is 6.54 Å². The van der Waals surface area contributed by atoms with Crippen LogP contribution in [0.2, 0.25) is 0 Å². The number of hydrogen-bond acceptors (Lipinski definition) is 4. The molecule has 0 fully saturated rings. The average Bonchev–Trinajstić information content (AvgIpc) is 2.78. The second kappa shape index (κ2) is 4.45. The molecule has 0 radical (unpaired) electrons. The predicted molar refractivity (Wildman–Crippen MR) is 61.9 cm³/mol. The summed E-state index contributed by atoms with van der Waals surface area (Å²) in [5.41, 5.74) is 7.72. The van der Waals surface area contributed by atoms with Crippen molar-refractivity contribution in [3.8, 4) is 11.4 Å². The van der Waals surface area contributed by atoms with Crippen LogP contribution in [0.3, 0.4) is 0 Å². The molecule has 0 aliphatic heterocycles. The van der Waals surface area contributed by atoms with E-state index in [-0.39, 0.29) is 5.92 Å². The molecule has 0 spiro atoms. The van der Waals surface area contributed by atoms with Crippen molar-refractivity contribution in [3.05, 3.63) is 35.7 Å². The van der Waals surface area contributed by atoms with Crippen molar-refractivity contribution in [1.29, 1.82) is 0 Å². The standard InChI is InChI=1S/C12H15N3O/c1-8-3-5-10(6-4-8)11-14-12(16-15-11)9(2)7-13/h3-6,9H,7,13H2,1-2H3. The van der Waals surface area contributed by atoms with Crippen molar-refractivity contribution in [1.82, 2.24) is 10.1 Å². The minimum Gasteiger partial charge on any atom is -0.339 e. The fourth-order valence-corrected chi connectivity index (χ4v) is 1.36. The SMILES string of the molecule is Cc1ccc(-c2noc(C(C)CN)n2)cc1. The Balaban J connectivity index is 2.28. The van der Waals surface area contributed by atoms with Gasteiger partial charge in [-0.2, -0.15) is 4.98 Å². The molecule has 0 aliphatic rings. The second-order valence-corrected chi connectivity index (χ2v) is 3.96. The minimum absolute atomic E-state index is 0.103. The maximum absolute atomic E-state index is 5.54. The van der Waals surface area contributed by atoms with Crippen LogP contribution < -0.4 is 5.73 Å². The summed E-state index contributed by atoms with van der Waals surface area (Å²) in [4.78, 5) is 4.32. The van der Waals surface area contributed by atoms with E-state index in [2.05, 4.69) is 10.1 Å². The third-order valence-electron chi connectivity index (χ3n) is 2.53. The third kappa shape index (κ3) is 2.12. The van der Waals surface area contributed by atoms with E-state index in [0.29, 0.717) is 18.3 Å². The average molecular weight is 217 g/mol. The molecular formula is C12H15N3O. The highest BCUT2D eigenvalue weighted by Gasteiger charge is 2.13. The molecule has 2 rings (SSSR count). The lowest BCUT2D eigenvalue weighted by Gasteiger charge is -1.98. The van der Waals surface area contributed by atoms with Crippen molar-refractivity contribution in [3.63, 3.8) is 0 Å². The lowest BCUT2D eigenvalue weighted by molar-refractivity contribution is 0.361. The molecule has 0 bridgehead atoms. The van der Waals surface area contributed by atoms with Gasteiger partial charge in [0.2, 0.25) is 11.7 Å². The number of nitrogens with zero attached hydrogens (tertiary/aromatic N) is 2. The largest absolute Gasteiger partial charge is 0.339 e. The van der Waals surface area contributed by atoms with Crippen LogP contribution in [0.5, 0.6) is 0 Å². The van der Waals surface area contributed by atoms with Crippen molar-refractivity contribution in [2.45, 2.75) is 19.8 Å². The minimum atomic E-state index is 0.103. The number of aryl methyl sites for hydroxylation is 1. The van der Waals surface area contributed by atoms with Gasteiger partial charge in [-0.1, -0.05) is 41.9 Å². The molecule has 0 aliphatic carbocycles. The summed E-state index contributed by atoms with van der Waals surface area (Å²) >= 11 is 0. The first-order chi connectivity index (χ1) is 7.70. The summed E-state index contributed by atoms with van der Waals surface area (Å²) in [5, 5.41) is 3.94. The molecule has 0 saturated carbocycles. The molecule has 1 heterocycles. The van der Waals surface area contributed by atoms with E-state index in [0.717, 1.165) is 5.56 Å². The van der Waals surface area contributed by atoms with E-state index in [1.54, 1.807) is 0 Å². The first-order valence-electron chi connectivity index (χ1n) is 5.31. The second-order valence-electron chi connectivity index (χ2n) is 3.96. The summed E-state index contributed by atoms with van der Waals surface area (Å²) < 4.78 is 5.16. The van der Waals surface area contributed by atoms with Gasteiger partial charge in [-0.3, -0.25) is 0 Å². The molecule has 0 saturated heterocycles. The smallest absolute Gasteiger partial charge is 0.231 e. The Morgan fingerprint density at radius 3 is 2.62 bits per heavy atom. The maximum atomic E-state index is 5.54. The zero-order valence-corrected chi connectivity index (χ0v) is 9.47. The van der Waals surface area contributed by atoms with Gasteiger partial charge in [0.05, 0.1) is 0 Å². The van der Waals surface area contributed by atoms with Crippen molar-refractivity contribution >= 4 is 0 Å². The molecule has 4 heteroatoms. The van der Waals surface area contributed by atoms with Gasteiger partial charge in [0, 0.05) is 18.0 Å². The van der Waals surface area contributed by atoms with Gasteiger partial charge in [-0.05, 0) is 6.92 Å². The van der Waals surface area contributed by atoms with Crippen molar-refractivity contribution < 1.29 is 4.52 Å². The summed E-state index contributed by atoms with van der Waals surface area (Å²) in [6.07, 6.45) is 0. The van der Waals surface area contributed by atoms with Crippen LogP contribution in [0.15, 0.2) is 28.8 Å². The molecule has 0 amide bonds. The lowest BCUT2D eigenvalue weighted by atomic mass is 10.1. The summed E-state index contributed by atoms with van der Waals surface area (Å²) in [5.74, 6) is 1.32. The number of benzene rings is 1. The predicted octanol–water partition coefficient (Wildman–Crippen LogP) is 2.11. The third-order valence-corrected chi connectivity index (χ3v) is 2.53. The van der Waals surface area contributed by atoms with Gasteiger partial charge in [-0.15, -0.1) is 0 Å². The van der Waals surface area contributed by atoms with Crippen LogP contribution in [0, 0.1) is 6.92 Å². The molecule has 1 aromatic carbocycles. The van der Waals surface area contributed by atoms with Gasteiger partial charge in [-0.25, -0.2) is 0 Å². The highest BCUT2D eigenvalue weighted by Crippen LogP contribution is 2.19.